The van der Waals surface area contributed by atoms with Crippen molar-refractivity contribution in [3.63, 3.8) is 0 Å². The summed E-state index contributed by atoms with van der Waals surface area (Å²) in [6.45, 7) is 5.78. The zero-order chi connectivity index (χ0) is 23.3. The number of rotatable bonds is 6. The molecule has 0 aromatic carbocycles. The molecule has 1 aromatic heterocycles. The Morgan fingerprint density at radius 1 is 0.941 bits per heavy atom. The molecular formula is C23H33InN8O2. The van der Waals surface area contributed by atoms with Crippen LogP contribution in [0.25, 0.3) is 0 Å². The fourth-order valence-corrected chi connectivity index (χ4v) is 10.8. The van der Waals surface area contributed by atoms with Crippen LogP contribution in [-0.2, 0) is 0 Å². The molecule has 10 nitrogen and oxygen atoms in total. The van der Waals surface area contributed by atoms with Gasteiger partial charge in [0.25, 0.3) is 0 Å². The van der Waals surface area contributed by atoms with Gasteiger partial charge in [-0.1, -0.05) is 0 Å². The van der Waals surface area contributed by atoms with Gasteiger partial charge in [-0.2, -0.15) is 0 Å². The number of anilines is 2. The number of hydrogen-bond acceptors (Lipinski definition) is 7. The Morgan fingerprint density at radius 3 is 2.41 bits per heavy atom. The van der Waals surface area contributed by atoms with Crippen molar-refractivity contribution >= 4 is 42.8 Å². The Balaban J connectivity index is 1.13. The van der Waals surface area contributed by atoms with E-state index in [9.17, 15) is 9.59 Å². The van der Waals surface area contributed by atoms with Crippen LogP contribution in [0, 0.1) is 0 Å². The molecular weight excluding hydrogens is 535 g/mol. The summed E-state index contributed by atoms with van der Waals surface area (Å²) in [6.07, 6.45) is 12.3. The van der Waals surface area contributed by atoms with Crippen LogP contribution in [0.15, 0.2) is 31.8 Å². The quantitative estimate of drug-likeness (QED) is 0.484. The zero-order valence-corrected chi connectivity index (χ0v) is 22.9. The number of urea groups is 1. The molecule has 0 atom stereocenters. The van der Waals surface area contributed by atoms with Gasteiger partial charge in [-0.25, -0.2) is 0 Å². The Morgan fingerprint density at radius 2 is 1.65 bits per heavy atom. The molecule has 5 rings (SSSR count). The summed E-state index contributed by atoms with van der Waals surface area (Å²) in [5.41, 5.74) is 3.09. The first kappa shape index (κ1) is 23.6. The third-order valence-corrected chi connectivity index (χ3v) is 13.7. The van der Waals surface area contributed by atoms with Crippen LogP contribution >= 0.6 is 0 Å². The number of aromatic nitrogens is 2. The van der Waals surface area contributed by atoms with Crippen LogP contribution in [0.3, 0.4) is 0 Å². The molecule has 0 radical (unpaired) electrons. The van der Waals surface area contributed by atoms with E-state index in [4.69, 9.17) is 0 Å². The first-order valence-electron chi connectivity index (χ1n) is 12.5. The summed E-state index contributed by atoms with van der Waals surface area (Å²) in [4.78, 5) is 38.6. The van der Waals surface area contributed by atoms with Gasteiger partial charge in [0.2, 0.25) is 0 Å². The molecule has 0 aliphatic carbocycles. The summed E-state index contributed by atoms with van der Waals surface area (Å²) in [5.74, 6) is 1.05. The van der Waals surface area contributed by atoms with E-state index in [1.54, 1.807) is 6.07 Å². The number of nitrogens with zero attached hydrogens (tertiary/aromatic N) is 5. The van der Waals surface area contributed by atoms with E-state index in [2.05, 4.69) is 34.8 Å². The molecule has 3 saturated heterocycles. The van der Waals surface area contributed by atoms with Crippen molar-refractivity contribution in [2.45, 2.75) is 44.6 Å². The average molecular weight is 568 g/mol. The third-order valence-electron chi connectivity index (χ3n) is 7.15. The first-order chi connectivity index (χ1) is 16.7. The summed E-state index contributed by atoms with van der Waals surface area (Å²) in [5, 5.41) is 8.26. The SMILES string of the molecule is O=C(Nc1cc(N[C]2=CC=[CH][In]2[C](=O)NN2CCCC2)ncn1)N1CCC(N2CCCC2)CC1. The van der Waals surface area contributed by atoms with Crippen molar-refractivity contribution < 1.29 is 9.59 Å². The van der Waals surface area contributed by atoms with Gasteiger partial charge in [0.05, 0.1) is 0 Å². The van der Waals surface area contributed by atoms with Crippen LogP contribution in [0.5, 0.6) is 0 Å². The molecule has 3 amide bonds. The van der Waals surface area contributed by atoms with Gasteiger partial charge in [0.15, 0.2) is 0 Å². The molecule has 5 heterocycles. The van der Waals surface area contributed by atoms with Gasteiger partial charge in [-0.15, -0.1) is 0 Å². The number of hydrazine groups is 1. The molecule has 180 valence electrons. The van der Waals surface area contributed by atoms with Crippen molar-refractivity contribution in [3.05, 3.63) is 31.8 Å². The number of carbonyl (C=O) groups excluding carboxylic acids is 2. The fourth-order valence-electron chi connectivity index (χ4n) is 5.25. The number of amides is 3. The number of carbonyl (C=O) groups is 2. The van der Waals surface area contributed by atoms with Gasteiger partial charge < -0.3 is 0 Å². The van der Waals surface area contributed by atoms with Crippen molar-refractivity contribution in [2.24, 2.45) is 0 Å². The predicted molar refractivity (Wildman–Crippen MR) is 132 cm³/mol. The minimum atomic E-state index is -2.79. The molecule has 3 N–H and O–H groups in total. The number of piperidine rings is 1. The average Bonchev–Trinajstić information content (AvgIpc) is 3.63. The molecule has 0 spiro atoms. The maximum absolute atomic E-state index is 12.8. The third kappa shape index (κ3) is 5.75. The zero-order valence-electron chi connectivity index (χ0n) is 19.6. The minimum absolute atomic E-state index is 0.117. The predicted octanol–water partition coefficient (Wildman–Crippen LogP) is 2.31. The molecule has 0 bridgehead atoms. The second-order valence-electron chi connectivity index (χ2n) is 9.46. The number of likely N-dealkylation sites (tertiary alicyclic amines) is 2. The summed E-state index contributed by atoms with van der Waals surface area (Å²) in [6, 6.07) is 2.22. The van der Waals surface area contributed by atoms with Gasteiger partial charge in [0.1, 0.15) is 0 Å². The van der Waals surface area contributed by atoms with Crippen molar-refractivity contribution in [2.75, 3.05) is 49.9 Å². The van der Waals surface area contributed by atoms with Crippen LogP contribution in [0.2, 0.25) is 0 Å². The number of hydrogen-bond donors (Lipinski definition) is 3. The van der Waals surface area contributed by atoms with E-state index in [1.165, 1.54) is 32.3 Å². The number of allylic oxidation sites excluding steroid dienone is 2. The van der Waals surface area contributed by atoms with E-state index in [1.807, 2.05) is 22.1 Å². The van der Waals surface area contributed by atoms with Gasteiger partial charge in [-0.3, -0.25) is 0 Å². The van der Waals surface area contributed by atoms with Crippen LogP contribution in [0.1, 0.15) is 38.5 Å². The van der Waals surface area contributed by atoms with Crippen LogP contribution in [-0.4, -0.2) is 101 Å². The summed E-state index contributed by atoms with van der Waals surface area (Å²) in [7, 11) is 0. The van der Waals surface area contributed by atoms with E-state index in [-0.39, 0.29) is 9.69 Å². The van der Waals surface area contributed by atoms with Crippen LogP contribution < -0.4 is 16.1 Å². The van der Waals surface area contributed by atoms with E-state index < -0.39 is 21.4 Å². The molecule has 4 aliphatic heterocycles. The Hall–Kier alpha value is -2.11. The van der Waals surface area contributed by atoms with Gasteiger partial charge >= 0.3 is 183 Å². The molecule has 34 heavy (non-hydrogen) atoms. The second kappa shape index (κ2) is 11.1. The maximum atomic E-state index is 12.8. The van der Waals surface area contributed by atoms with Crippen molar-refractivity contribution in [1.29, 1.82) is 0 Å². The molecule has 11 heteroatoms. The Bertz CT molecular complexity index is 950. The van der Waals surface area contributed by atoms with Gasteiger partial charge in [-0.05, 0) is 25.9 Å². The standard InChI is InChI=1S/C18H24N6O.C5H9N2O.In/c1-2-3-8-19-16-13-17(21-14-20-16)22-18(25)24-11-6-15(7-12-24)23-9-4-5-10-23;8-5-6-7-3-1-2-4-7;/h1-3,13-15H,4-7,9-12H2,(H2,19,20,21,22,25);1-4H2,(H,6,8);. The molecule has 3 fully saturated rings. The second-order valence-corrected chi connectivity index (χ2v) is 16.6. The topological polar surface area (TPSA) is 106 Å². The summed E-state index contributed by atoms with van der Waals surface area (Å²) < 4.78 is 3.18. The molecule has 0 saturated carbocycles. The molecule has 1 aromatic rings. The summed E-state index contributed by atoms with van der Waals surface area (Å²) >= 11 is -2.79. The first-order valence-corrected chi connectivity index (χ1v) is 17.7. The van der Waals surface area contributed by atoms with E-state index in [0.717, 1.165) is 55.3 Å². The number of nitrogens with one attached hydrogen (secondary N) is 3. The Kier molecular flexibility index (Phi) is 7.70. The molecule has 4 aliphatic rings. The normalized spacial score (nSPS) is 21.7. The van der Waals surface area contributed by atoms with Gasteiger partial charge in [0, 0.05) is 0 Å². The fraction of sp³-hybridized carbons (Fsp3) is 0.565. The van der Waals surface area contributed by atoms with E-state index in [0.29, 0.717) is 17.7 Å². The van der Waals surface area contributed by atoms with Crippen molar-refractivity contribution in [1.82, 2.24) is 30.2 Å². The monoisotopic (exact) mass is 568 g/mol. The van der Waals surface area contributed by atoms with Crippen molar-refractivity contribution in [3.8, 4) is 0 Å². The van der Waals surface area contributed by atoms with E-state index >= 15 is 0 Å². The molecule has 0 unspecified atom stereocenters. The Labute approximate surface area is 208 Å². The van der Waals surface area contributed by atoms with Crippen LogP contribution in [0.4, 0.5) is 21.2 Å².